The fourth-order valence-electron chi connectivity index (χ4n) is 3.09. The van der Waals surface area contributed by atoms with Gasteiger partial charge in [-0.3, -0.25) is 0 Å². The molecule has 1 aromatic rings. The van der Waals surface area contributed by atoms with E-state index < -0.39 is 0 Å². The largest absolute Gasteiger partial charge is 0.432 e. The van der Waals surface area contributed by atoms with Crippen LogP contribution >= 0.6 is 12.2 Å². The molecule has 2 unspecified atom stereocenters. The minimum atomic E-state index is -0.168. The number of aliphatic hydroxyl groups excluding tert-OH is 1. The highest BCUT2D eigenvalue weighted by molar-refractivity contribution is 7.80. The van der Waals surface area contributed by atoms with E-state index in [2.05, 4.69) is 4.90 Å². The van der Waals surface area contributed by atoms with Gasteiger partial charge in [-0.1, -0.05) is 18.2 Å². The molecule has 96 valence electrons. The molecule has 0 amide bonds. The molecule has 1 N–H and O–H groups in total. The second-order valence-corrected chi connectivity index (χ2v) is 5.45. The van der Waals surface area contributed by atoms with Crippen LogP contribution in [0.25, 0.3) is 0 Å². The van der Waals surface area contributed by atoms with Crippen molar-refractivity contribution in [2.75, 3.05) is 0 Å². The second kappa shape index (κ2) is 4.86. The summed E-state index contributed by atoms with van der Waals surface area (Å²) < 4.78 is 5.75. The van der Waals surface area contributed by atoms with Gasteiger partial charge < -0.3 is 14.7 Å². The molecule has 2 aliphatic rings. The number of hydrogen-bond donors (Lipinski definition) is 1. The van der Waals surface area contributed by atoms with Gasteiger partial charge in [0.2, 0.25) is 0 Å². The number of rotatable bonds is 1. The number of fused-ring (bicyclic) bond motifs is 2. The molecular weight excluding hydrogens is 246 g/mol. The molecule has 0 spiro atoms. The predicted octanol–water partition coefficient (Wildman–Crippen LogP) is 2.34. The Morgan fingerprint density at radius 1 is 1.17 bits per heavy atom. The smallest absolute Gasteiger partial charge is 0.265 e. The molecular formula is C14H17NO2S. The van der Waals surface area contributed by atoms with E-state index in [0.29, 0.717) is 17.3 Å². The van der Waals surface area contributed by atoms with E-state index in [1.807, 2.05) is 30.3 Å². The minimum Gasteiger partial charge on any atom is -0.432 e. The van der Waals surface area contributed by atoms with Crippen LogP contribution in [0, 0.1) is 0 Å². The van der Waals surface area contributed by atoms with Crippen LogP contribution in [0.5, 0.6) is 5.75 Å². The van der Waals surface area contributed by atoms with E-state index in [4.69, 9.17) is 17.0 Å². The van der Waals surface area contributed by atoms with Crippen LogP contribution < -0.4 is 4.74 Å². The first-order chi connectivity index (χ1) is 8.74. The number of para-hydroxylation sites is 1. The van der Waals surface area contributed by atoms with Crippen molar-refractivity contribution in [3.63, 3.8) is 0 Å². The topological polar surface area (TPSA) is 32.7 Å². The summed E-state index contributed by atoms with van der Waals surface area (Å²) in [5.74, 6) is 0.785. The lowest BCUT2D eigenvalue weighted by Gasteiger charge is -2.38. The maximum atomic E-state index is 9.77. The van der Waals surface area contributed by atoms with Gasteiger partial charge in [0, 0.05) is 12.1 Å². The van der Waals surface area contributed by atoms with Crippen LogP contribution in [0.3, 0.4) is 0 Å². The molecule has 3 rings (SSSR count). The van der Waals surface area contributed by atoms with Gasteiger partial charge in [-0.05, 0) is 50.0 Å². The number of nitrogens with zero attached hydrogens (tertiary/aromatic N) is 1. The molecule has 1 aromatic carbocycles. The Morgan fingerprint density at radius 3 is 2.39 bits per heavy atom. The average Bonchev–Trinajstić information content (AvgIpc) is 2.63. The summed E-state index contributed by atoms with van der Waals surface area (Å²) in [7, 11) is 0. The third kappa shape index (κ3) is 2.22. The normalized spacial score (nSPS) is 30.3. The molecule has 0 aliphatic carbocycles. The van der Waals surface area contributed by atoms with Crippen LogP contribution in [-0.2, 0) is 0 Å². The monoisotopic (exact) mass is 263 g/mol. The summed E-state index contributed by atoms with van der Waals surface area (Å²) >= 11 is 5.41. The number of benzene rings is 1. The summed E-state index contributed by atoms with van der Waals surface area (Å²) in [6, 6.07) is 10.4. The van der Waals surface area contributed by atoms with Gasteiger partial charge in [0.05, 0.1) is 6.10 Å². The summed E-state index contributed by atoms with van der Waals surface area (Å²) in [4.78, 5) is 2.19. The first-order valence-corrected chi connectivity index (χ1v) is 6.88. The van der Waals surface area contributed by atoms with Crippen molar-refractivity contribution in [2.24, 2.45) is 0 Å². The van der Waals surface area contributed by atoms with E-state index in [1.165, 1.54) is 0 Å². The number of aliphatic hydroxyl groups is 1. The summed E-state index contributed by atoms with van der Waals surface area (Å²) in [5, 5.41) is 10.3. The Balaban J connectivity index is 1.70. The average molecular weight is 263 g/mol. The molecule has 2 fully saturated rings. The number of hydrogen-bond acceptors (Lipinski definition) is 3. The van der Waals surface area contributed by atoms with Gasteiger partial charge in [-0.2, -0.15) is 0 Å². The Kier molecular flexibility index (Phi) is 3.22. The minimum absolute atomic E-state index is 0.168. The highest BCUT2D eigenvalue weighted by Gasteiger charge is 2.42. The van der Waals surface area contributed by atoms with Crippen LogP contribution in [0.2, 0.25) is 0 Å². The van der Waals surface area contributed by atoms with Crippen LogP contribution in [-0.4, -0.2) is 33.4 Å². The van der Waals surface area contributed by atoms with Crippen molar-refractivity contribution < 1.29 is 9.84 Å². The Hall–Kier alpha value is -1.13. The standard InChI is InChI=1S/C14H17NO2S/c16-12-8-10-6-7-11(9-12)15(10)14(18)17-13-4-2-1-3-5-13/h1-5,10-12,16H,6-9H2. The molecule has 18 heavy (non-hydrogen) atoms. The lowest BCUT2D eigenvalue weighted by atomic mass is 10.0. The molecule has 2 atom stereocenters. The number of thiocarbonyl (C=S) groups is 1. The zero-order valence-electron chi connectivity index (χ0n) is 10.2. The van der Waals surface area contributed by atoms with Gasteiger partial charge in [0.25, 0.3) is 5.17 Å². The van der Waals surface area contributed by atoms with Gasteiger partial charge in [-0.15, -0.1) is 0 Å². The van der Waals surface area contributed by atoms with Crippen molar-refractivity contribution in [3.05, 3.63) is 30.3 Å². The van der Waals surface area contributed by atoms with Crippen LogP contribution in [0.1, 0.15) is 25.7 Å². The van der Waals surface area contributed by atoms with Gasteiger partial charge in [0.1, 0.15) is 5.75 Å². The fraction of sp³-hybridized carbons (Fsp3) is 0.500. The van der Waals surface area contributed by atoms with E-state index in [-0.39, 0.29) is 6.10 Å². The summed E-state index contributed by atoms with van der Waals surface area (Å²) in [6.07, 6.45) is 3.68. The third-order valence-corrected chi connectivity index (χ3v) is 4.16. The molecule has 2 saturated heterocycles. The van der Waals surface area contributed by atoms with E-state index in [1.54, 1.807) is 0 Å². The quantitative estimate of drug-likeness (QED) is 0.788. The first-order valence-electron chi connectivity index (χ1n) is 6.47. The maximum Gasteiger partial charge on any atom is 0.265 e. The molecule has 0 saturated carbocycles. The molecule has 4 heteroatoms. The van der Waals surface area contributed by atoms with Crippen LogP contribution in [0.4, 0.5) is 0 Å². The summed E-state index contributed by atoms with van der Waals surface area (Å²) in [5.41, 5.74) is 0. The molecule has 0 radical (unpaired) electrons. The highest BCUT2D eigenvalue weighted by Crippen LogP contribution is 2.36. The zero-order chi connectivity index (χ0) is 12.5. The van der Waals surface area contributed by atoms with E-state index in [9.17, 15) is 5.11 Å². The summed E-state index contributed by atoms with van der Waals surface area (Å²) in [6.45, 7) is 0. The first kappa shape index (κ1) is 11.9. The lowest BCUT2D eigenvalue weighted by molar-refractivity contribution is 0.0655. The highest BCUT2D eigenvalue weighted by atomic mass is 32.1. The van der Waals surface area contributed by atoms with Crippen molar-refractivity contribution in [1.29, 1.82) is 0 Å². The van der Waals surface area contributed by atoms with Gasteiger partial charge in [0.15, 0.2) is 0 Å². The van der Waals surface area contributed by atoms with Crippen molar-refractivity contribution in [3.8, 4) is 5.75 Å². The molecule has 0 aromatic heterocycles. The number of ether oxygens (including phenoxy) is 1. The molecule has 2 heterocycles. The predicted molar refractivity (Wildman–Crippen MR) is 73.6 cm³/mol. The molecule has 2 bridgehead atoms. The lowest BCUT2D eigenvalue weighted by Crippen LogP contribution is -2.49. The molecule has 3 nitrogen and oxygen atoms in total. The maximum absolute atomic E-state index is 9.77. The SMILES string of the molecule is OC1CC2CCC(C1)N2C(=S)Oc1ccccc1. The second-order valence-electron chi connectivity index (χ2n) is 5.10. The Labute approximate surface area is 112 Å². The third-order valence-electron chi connectivity index (χ3n) is 3.87. The van der Waals surface area contributed by atoms with E-state index >= 15 is 0 Å². The van der Waals surface area contributed by atoms with Crippen molar-refractivity contribution in [2.45, 2.75) is 43.9 Å². The fourth-order valence-corrected chi connectivity index (χ4v) is 3.48. The van der Waals surface area contributed by atoms with Crippen molar-refractivity contribution >= 4 is 17.4 Å². The number of piperidine rings is 1. The van der Waals surface area contributed by atoms with Crippen LogP contribution in [0.15, 0.2) is 30.3 Å². The molecule has 2 aliphatic heterocycles. The van der Waals surface area contributed by atoms with Gasteiger partial charge >= 0.3 is 0 Å². The Bertz CT molecular complexity index is 423. The Morgan fingerprint density at radius 2 is 1.78 bits per heavy atom. The van der Waals surface area contributed by atoms with Crippen molar-refractivity contribution in [1.82, 2.24) is 4.90 Å². The van der Waals surface area contributed by atoms with E-state index in [0.717, 1.165) is 31.4 Å². The van der Waals surface area contributed by atoms with Gasteiger partial charge in [-0.25, -0.2) is 0 Å². The zero-order valence-corrected chi connectivity index (χ0v) is 11.0.